The van der Waals surface area contributed by atoms with E-state index in [0.717, 1.165) is 11.1 Å². The molecule has 31 heavy (non-hydrogen) atoms. The van der Waals surface area contributed by atoms with Gasteiger partial charge < -0.3 is 25.4 Å². The van der Waals surface area contributed by atoms with Crippen LogP contribution in [0.2, 0.25) is 0 Å². The molecule has 0 aliphatic heterocycles. The van der Waals surface area contributed by atoms with E-state index in [2.05, 4.69) is 16.0 Å². The van der Waals surface area contributed by atoms with Crippen LogP contribution in [0.1, 0.15) is 28.4 Å². The van der Waals surface area contributed by atoms with E-state index in [1.54, 1.807) is 24.3 Å². The zero-order valence-electron chi connectivity index (χ0n) is 17.8. The van der Waals surface area contributed by atoms with Crippen LogP contribution in [-0.2, 0) is 19.1 Å². The molecule has 0 aliphatic rings. The van der Waals surface area contributed by atoms with Crippen LogP contribution in [0.3, 0.4) is 0 Å². The van der Waals surface area contributed by atoms with Gasteiger partial charge in [0.15, 0.2) is 6.61 Å². The lowest BCUT2D eigenvalue weighted by Crippen LogP contribution is -2.32. The van der Waals surface area contributed by atoms with Gasteiger partial charge >= 0.3 is 5.97 Å². The van der Waals surface area contributed by atoms with Crippen molar-refractivity contribution in [3.63, 3.8) is 0 Å². The van der Waals surface area contributed by atoms with Crippen molar-refractivity contribution < 1.29 is 28.7 Å². The number of carbonyl (C=O) groups is 4. The van der Waals surface area contributed by atoms with Crippen LogP contribution in [0, 0.1) is 13.8 Å². The van der Waals surface area contributed by atoms with E-state index in [-0.39, 0.29) is 12.5 Å². The Morgan fingerprint density at radius 1 is 0.935 bits per heavy atom. The number of methoxy groups -OCH3 is 1. The number of esters is 1. The minimum absolute atomic E-state index is 0.265. The van der Waals surface area contributed by atoms with Gasteiger partial charge in [-0.1, -0.05) is 6.07 Å². The minimum atomic E-state index is -0.758. The van der Waals surface area contributed by atoms with E-state index >= 15 is 0 Å². The van der Waals surface area contributed by atoms with Crippen molar-refractivity contribution in [1.29, 1.82) is 0 Å². The fraction of sp³-hybridized carbons (Fsp3) is 0.273. The van der Waals surface area contributed by atoms with Gasteiger partial charge in [-0.25, -0.2) is 0 Å². The average molecular weight is 427 g/mol. The summed E-state index contributed by atoms with van der Waals surface area (Å²) >= 11 is 0. The Kier molecular flexibility index (Phi) is 8.13. The first kappa shape index (κ1) is 23.4. The number of anilines is 2. The Balaban J connectivity index is 1.85. The fourth-order valence-electron chi connectivity index (χ4n) is 2.61. The molecule has 0 fully saturated rings. The zero-order chi connectivity index (χ0) is 23.0. The zero-order valence-corrected chi connectivity index (χ0v) is 17.8. The third-order valence-electron chi connectivity index (χ3n) is 4.32. The SMILES string of the molecule is COc1ccc(NC(C)=O)cc1NC(=O)COC(=O)CNC(=O)c1ccc(C)c(C)c1. The van der Waals surface area contributed by atoms with Crippen LogP contribution < -0.4 is 20.7 Å². The monoisotopic (exact) mass is 427 g/mol. The van der Waals surface area contributed by atoms with E-state index in [1.165, 1.54) is 20.1 Å². The number of amides is 3. The van der Waals surface area contributed by atoms with Gasteiger partial charge in [0.25, 0.3) is 11.8 Å². The van der Waals surface area contributed by atoms with Crippen molar-refractivity contribution in [2.24, 2.45) is 0 Å². The molecule has 0 saturated carbocycles. The van der Waals surface area contributed by atoms with Crippen molar-refractivity contribution in [3.05, 3.63) is 53.1 Å². The van der Waals surface area contributed by atoms with Gasteiger partial charge in [-0.15, -0.1) is 0 Å². The quantitative estimate of drug-likeness (QED) is 0.555. The molecule has 0 spiro atoms. The summed E-state index contributed by atoms with van der Waals surface area (Å²) in [6.45, 7) is 4.26. The highest BCUT2D eigenvalue weighted by atomic mass is 16.5. The second kappa shape index (κ2) is 10.8. The summed E-state index contributed by atoms with van der Waals surface area (Å²) in [5.41, 5.74) is 3.22. The first-order chi connectivity index (χ1) is 14.7. The van der Waals surface area contributed by atoms with Crippen molar-refractivity contribution >= 4 is 35.1 Å². The lowest BCUT2D eigenvalue weighted by atomic mass is 10.1. The van der Waals surface area contributed by atoms with Gasteiger partial charge in [0.05, 0.1) is 12.8 Å². The maximum Gasteiger partial charge on any atom is 0.325 e. The summed E-state index contributed by atoms with van der Waals surface area (Å²) < 4.78 is 10.1. The van der Waals surface area contributed by atoms with Crippen LogP contribution >= 0.6 is 0 Å². The number of hydrogen-bond acceptors (Lipinski definition) is 6. The Morgan fingerprint density at radius 3 is 2.32 bits per heavy atom. The number of benzene rings is 2. The smallest absolute Gasteiger partial charge is 0.325 e. The molecule has 2 rings (SSSR count). The van der Waals surface area contributed by atoms with Crippen molar-refractivity contribution in [2.75, 3.05) is 30.9 Å². The van der Waals surface area contributed by atoms with Gasteiger partial charge in [0.1, 0.15) is 12.3 Å². The molecule has 0 atom stereocenters. The topological polar surface area (TPSA) is 123 Å². The van der Waals surface area contributed by atoms with E-state index in [4.69, 9.17) is 9.47 Å². The molecule has 0 aromatic heterocycles. The Bertz CT molecular complexity index is 1000. The van der Waals surface area contributed by atoms with E-state index < -0.39 is 24.4 Å². The third kappa shape index (κ3) is 7.14. The average Bonchev–Trinajstić information content (AvgIpc) is 2.72. The predicted octanol–water partition coefficient (Wildman–Crippen LogP) is 2.18. The van der Waals surface area contributed by atoms with Crippen LogP contribution in [-0.4, -0.2) is 44.0 Å². The number of nitrogens with one attached hydrogen (secondary N) is 3. The molecule has 0 heterocycles. The molecule has 2 aromatic carbocycles. The maximum atomic E-state index is 12.1. The van der Waals surface area contributed by atoms with Gasteiger partial charge in [0, 0.05) is 18.2 Å². The van der Waals surface area contributed by atoms with Crippen LogP contribution in [0.15, 0.2) is 36.4 Å². The summed E-state index contributed by atoms with van der Waals surface area (Å²) in [5.74, 6) is -1.67. The second-order valence-corrected chi connectivity index (χ2v) is 6.79. The second-order valence-electron chi connectivity index (χ2n) is 6.79. The maximum absolute atomic E-state index is 12.1. The van der Waals surface area contributed by atoms with Crippen molar-refractivity contribution in [2.45, 2.75) is 20.8 Å². The van der Waals surface area contributed by atoms with E-state index in [1.807, 2.05) is 19.9 Å². The summed E-state index contributed by atoms with van der Waals surface area (Å²) in [7, 11) is 1.43. The largest absolute Gasteiger partial charge is 0.495 e. The molecule has 164 valence electrons. The molecule has 2 aromatic rings. The van der Waals surface area contributed by atoms with Gasteiger partial charge in [-0.05, 0) is 55.3 Å². The number of hydrogen-bond donors (Lipinski definition) is 3. The third-order valence-corrected chi connectivity index (χ3v) is 4.32. The number of rotatable bonds is 8. The minimum Gasteiger partial charge on any atom is -0.495 e. The molecular weight excluding hydrogens is 402 g/mol. The summed E-state index contributed by atoms with van der Waals surface area (Å²) in [6, 6.07) is 9.93. The van der Waals surface area contributed by atoms with Crippen LogP contribution in [0.4, 0.5) is 11.4 Å². The molecule has 0 aliphatic carbocycles. The van der Waals surface area contributed by atoms with Gasteiger partial charge in [0.2, 0.25) is 5.91 Å². The molecule has 3 amide bonds. The molecule has 0 saturated heterocycles. The number of carbonyl (C=O) groups excluding carboxylic acids is 4. The van der Waals surface area contributed by atoms with Crippen molar-refractivity contribution in [3.8, 4) is 5.75 Å². The van der Waals surface area contributed by atoms with E-state index in [9.17, 15) is 19.2 Å². The normalized spacial score (nSPS) is 10.1. The number of ether oxygens (including phenoxy) is 2. The van der Waals surface area contributed by atoms with Gasteiger partial charge in [-0.3, -0.25) is 19.2 Å². The molecule has 0 radical (unpaired) electrons. The highest BCUT2D eigenvalue weighted by Crippen LogP contribution is 2.27. The van der Waals surface area contributed by atoms with Crippen LogP contribution in [0.5, 0.6) is 5.75 Å². The highest BCUT2D eigenvalue weighted by Gasteiger charge is 2.13. The lowest BCUT2D eigenvalue weighted by Gasteiger charge is -2.12. The summed E-state index contributed by atoms with van der Waals surface area (Å²) in [4.78, 5) is 47.3. The highest BCUT2D eigenvalue weighted by molar-refractivity contribution is 5.97. The Labute approximate surface area is 180 Å². The molecule has 0 unspecified atom stereocenters. The van der Waals surface area contributed by atoms with Gasteiger partial charge in [-0.2, -0.15) is 0 Å². The molecule has 9 nitrogen and oxygen atoms in total. The predicted molar refractivity (Wildman–Crippen MR) is 115 cm³/mol. The molecule has 0 bridgehead atoms. The fourth-order valence-corrected chi connectivity index (χ4v) is 2.61. The molecule has 9 heteroatoms. The van der Waals surface area contributed by atoms with Crippen molar-refractivity contribution in [1.82, 2.24) is 5.32 Å². The standard InChI is InChI=1S/C22H25N3O6/c1-13-5-6-16(9-14(13)2)22(29)23-11-21(28)31-12-20(27)25-18-10-17(24-15(3)26)7-8-19(18)30-4/h5-10H,11-12H2,1-4H3,(H,23,29)(H,24,26)(H,25,27). The summed E-state index contributed by atoms with van der Waals surface area (Å²) in [6.07, 6.45) is 0. The summed E-state index contributed by atoms with van der Waals surface area (Å²) in [5, 5.41) is 7.61. The molecule has 3 N–H and O–H groups in total. The van der Waals surface area contributed by atoms with E-state index in [0.29, 0.717) is 22.7 Å². The van der Waals surface area contributed by atoms with Crippen LogP contribution in [0.25, 0.3) is 0 Å². The first-order valence-electron chi connectivity index (χ1n) is 9.46. The molecular formula is C22H25N3O6. The lowest BCUT2D eigenvalue weighted by molar-refractivity contribution is -0.146. The Morgan fingerprint density at radius 2 is 1.68 bits per heavy atom. The number of aryl methyl sites for hydroxylation is 2. The first-order valence-corrected chi connectivity index (χ1v) is 9.46. The Hall–Kier alpha value is -3.88.